The van der Waals surface area contributed by atoms with Crippen LogP contribution in [0.1, 0.15) is 31.9 Å². The number of carbonyl (C=O) groups excluding carboxylic acids is 1. The summed E-state index contributed by atoms with van der Waals surface area (Å²) in [4.78, 5) is 50.6. The van der Waals surface area contributed by atoms with Crippen LogP contribution >= 0.6 is 0 Å². The number of hydrogen-bond donors (Lipinski definition) is 1. The molecule has 0 saturated heterocycles. The highest BCUT2D eigenvalue weighted by Crippen LogP contribution is 2.20. The lowest BCUT2D eigenvalue weighted by Crippen LogP contribution is -2.55. The van der Waals surface area contributed by atoms with Crippen LogP contribution in [0.4, 0.5) is 0 Å². The predicted molar refractivity (Wildman–Crippen MR) is 116 cm³/mol. The molecule has 0 spiro atoms. The zero-order chi connectivity index (χ0) is 22.3. The maximum atomic E-state index is 12.8. The summed E-state index contributed by atoms with van der Waals surface area (Å²) in [6.45, 7) is 10.5. The Morgan fingerprint density at radius 2 is 1.43 bits per heavy atom. The fourth-order valence-corrected chi connectivity index (χ4v) is 3.21. The minimum atomic E-state index is -0.847. The van der Waals surface area contributed by atoms with Crippen molar-refractivity contribution in [1.29, 1.82) is 0 Å². The Morgan fingerprint density at radius 3 is 1.90 bits per heavy atom. The van der Waals surface area contributed by atoms with Crippen LogP contribution in [0.3, 0.4) is 0 Å². The van der Waals surface area contributed by atoms with Crippen LogP contribution in [-0.4, -0.2) is 19.6 Å². The number of aromatic nitrogens is 3. The molecular weight excluding hydrogens is 384 g/mol. The van der Waals surface area contributed by atoms with Gasteiger partial charge in [0.2, 0.25) is 5.91 Å². The first-order valence-corrected chi connectivity index (χ1v) is 9.80. The molecule has 8 heteroatoms. The Balaban J connectivity index is 2.40. The number of hydrogen-bond acceptors (Lipinski definition) is 4. The summed E-state index contributed by atoms with van der Waals surface area (Å²) in [5.41, 5.74) is -1.52. The van der Waals surface area contributed by atoms with Gasteiger partial charge in [0, 0.05) is 0 Å². The first kappa shape index (κ1) is 22.9. The molecule has 1 aromatic heterocycles. The van der Waals surface area contributed by atoms with Crippen molar-refractivity contribution in [2.24, 2.45) is 5.92 Å². The molecule has 2 rings (SSSR count). The largest absolute Gasteiger partial charge is 0.348 e. The quantitative estimate of drug-likeness (QED) is 0.598. The maximum absolute atomic E-state index is 12.8. The highest BCUT2D eigenvalue weighted by atomic mass is 16.2. The van der Waals surface area contributed by atoms with Crippen molar-refractivity contribution < 1.29 is 4.79 Å². The third-order valence-corrected chi connectivity index (χ3v) is 4.55. The van der Waals surface area contributed by atoms with E-state index in [1.165, 1.54) is 12.2 Å². The van der Waals surface area contributed by atoms with Crippen LogP contribution < -0.4 is 22.4 Å². The van der Waals surface area contributed by atoms with E-state index in [0.29, 0.717) is 12.3 Å². The van der Waals surface area contributed by atoms with Crippen molar-refractivity contribution >= 4 is 5.91 Å². The monoisotopic (exact) mass is 412 g/mol. The lowest BCUT2D eigenvalue weighted by molar-refractivity contribution is -0.122. The third-order valence-electron chi connectivity index (χ3n) is 4.55. The standard InChI is InChI=1S/C22H28N4O4/c1-5-12-24-20(28)25(13-6-2)22(30)26(21(24)29)15-19(27)23-18(14-16(3)4)17-10-8-7-9-11-17/h5-11,16,18H,1-2,12-15H2,3-4H3,(H,23,27)/t18-/m1/s1. The molecule has 8 nitrogen and oxygen atoms in total. The van der Waals surface area contributed by atoms with Crippen molar-refractivity contribution in [2.75, 3.05) is 0 Å². The topological polar surface area (TPSA) is 95.1 Å². The van der Waals surface area contributed by atoms with Crippen LogP contribution in [0.2, 0.25) is 0 Å². The summed E-state index contributed by atoms with van der Waals surface area (Å²) in [7, 11) is 0. The van der Waals surface area contributed by atoms with Gasteiger partial charge in [-0.05, 0) is 17.9 Å². The predicted octanol–water partition coefficient (Wildman–Crippen LogP) is 1.45. The summed E-state index contributed by atoms with van der Waals surface area (Å²) in [6.07, 6.45) is 3.45. The molecule has 1 heterocycles. The van der Waals surface area contributed by atoms with Gasteiger partial charge < -0.3 is 5.32 Å². The van der Waals surface area contributed by atoms with Gasteiger partial charge in [0.05, 0.1) is 19.1 Å². The van der Waals surface area contributed by atoms with Crippen molar-refractivity contribution in [3.63, 3.8) is 0 Å². The Kier molecular flexibility index (Phi) is 7.91. The first-order chi connectivity index (χ1) is 14.3. The number of amides is 1. The molecule has 0 bridgehead atoms. The molecule has 0 aliphatic rings. The van der Waals surface area contributed by atoms with E-state index >= 15 is 0 Å². The Bertz CT molecular complexity index is 1030. The summed E-state index contributed by atoms with van der Waals surface area (Å²) in [5.74, 6) is -0.171. The van der Waals surface area contributed by atoms with Gasteiger partial charge in [0.25, 0.3) is 0 Å². The van der Waals surface area contributed by atoms with E-state index in [-0.39, 0.29) is 19.1 Å². The number of nitrogens with one attached hydrogen (secondary N) is 1. The molecule has 0 aliphatic carbocycles. The Morgan fingerprint density at radius 1 is 0.933 bits per heavy atom. The van der Waals surface area contributed by atoms with Crippen molar-refractivity contribution in [1.82, 2.24) is 19.0 Å². The third kappa shape index (κ3) is 5.34. The molecule has 0 unspecified atom stereocenters. The molecule has 1 aromatic carbocycles. The van der Waals surface area contributed by atoms with Crippen molar-refractivity contribution in [3.8, 4) is 0 Å². The fraction of sp³-hybridized carbons (Fsp3) is 0.364. The Hall–Kier alpha value is -3.42. The van der Waals surface area contributed by atoms with E-state index in [9.17, 15) is 19.2 Å². The van der Waals surface area contributed by atoms with Crippen LogP contribution in [0.25, 0.3) is 0 Å². The summed E-state index contributed by atoms with van der Waals surface area (Å²) < 4.78 is 2.50. The van der Waals surface area contributed by atoms with Gasteiger partial charge in [-0.25, -0.2) is 28.1 Å². The van der Waals surface area contributed by atoms with E-state index in [0.717, 1.165) is 19.3 Å². The fourth-order valence-electron chi connectivity index (χ4n) is 3.21. The smallest absolute Gasteiger partial charge is 0.337 e. The molecule has 0 radical (unpaired) electrons. The first-order valence-electron chi connectivity index (χ1n) is 9.80. The maximum Gasteiger partial charge on any atom is 0.337 e. The van der Waals surface area contributed by atoms with Crippen LogP contribution in [0.5, 0.6) is 0 Å². The molecule has 1 atom stereocenters. The summed E-state index contributed by atoms with van der Waals surface area (Å²) in [6, 6.07) is 9.24. The molecule has 2 aromatic rings. The molecule has 1 amide bonds. The second kappa shape index (κ2) is 10.4. The van der Waals surface area contributed by atoms with Gasteiger partial charge in [-0.15, -0.1) is 13.2 Å². The number of allylic oxidation sites excluding steroid dienone is 2. The van der Waals surface area contributed by atoms with Gasteiger partial charge in [-0.3, -0.25) is 4.79 Å². The minimum absolute atomic E-state index is 0.0727. The molecule has 30 heavy (non-hydrogen) atoms. The van der Waals surface area contributed by atoms with E-state index in [1.807, 2.05) is 44.2 Å². The van der Waals surface area contributed by atoms with Gasteiger partial charge in [-0.1, -0.05) is 56.3 Å². The van der Waals surface area contributed by atoms with E-state index in [4.69, 9.17) is 0 Å². The van der Waals surface area contributed by atoms with Gasteiger partial charge in [0.1, 0.15) is 6.54 Å². The second-order valence-corrected chi connectivity index (χ2v) is 7.39. The van der Waals surface area contributed by atoms with E-state index < -0.39 is 29.5 Å². The van der Waals surface area contributed by atoms with Gasteiger partial charge >= 0.3 is 17.1 Å². The summed E-state index contributed by atoms with van der Waals surface area (Å²) >= 11 is 0. The highest BCUT2D eigenvalue weighted by molar-refractivity contribution is 5.76. The van der Waals surface area contributed by atoms with Gasteiger partial charge in [-0.2, -0.15) is 0 Å². The van der Waals surface area contributed by atoms with Crippen molar-refractivity contribution in [3.05, 3.63) is 92.7 Å². The number of nitrogens with zero attached hydrogens (tertiary/aromatic N) is 3. The highest BCUT2D eigenvalue weighted by Gasteiger charge is 2.20. The molecule has 0 fully saturated rings. The normalized spacial score (nSPS) is 11.8. The van der Waals surface area contributed by atoms with Gasteiger partial charge in [0.15, 0.2) is 0 Å². The molecule has 1 N–H and O–H groups in total. The number of rotatable bonds is 10. The van der Waals surface area contributed by atoms with Crippen LogP contribution in [0.15, 0.2) is 70.0 Å². The minimum Gasteiger partial charge on any atom is -0.348 e. The zero-order valence-corrected chi connectivity index (χ0v) is 17.4. The van der Waals surface area contributed by atoms with E-state index in [1.54, 1.807) is 0 Å². The molecular formula is C22H28N4O4. The van der Waals surface area contributed by atoms with Crippen LogP contribution in [0, 0.1) is 5.92 Å². The molecule has 0 aliphatic heterocycles. The van der Waals surface area contributed by atoms with Crippen LogP contribution in [-0.2, 0) is 24.4 Å². The average Bonchev–Trinajstić information content (AvgIpc) is 2.71. The lowest BCUT2D eigenvalue weighted by Gasteiger charge is -2.21. The lowest BCUT2D eigenvalue weighted by atomic mass is 9.97. The zero-order valence-electron chi connectivity index (χ0n) is 17.4. The number of carbonyl (C=O) groups is 1. The molecule has 0 saturated carbocycles. The SMILES string of the molecule is C=CCn1c(=O)n(CC=C)c(=O)n(CC(=O)N[C@H](CC(C)C)c2ccccc2)c1=O. The van der Waals surface area contributed by atoms with Crippen molar-refractivity contribution in [2.45, 2.75) is 45.9 Å². The van der Waals surface area contributed by atoms with E-state index in [2.05, 4.69) is 18.5 Å². The molecule has 160 valence electrons. The number of benzene rings is 1. The Labute approximate surface area is 174 Å². The summed E-state index contributed by atoms with van der Waals surface area (Å²) in [5, 5.41) is 2.91. The second-order valence-electron chi connectivity index (χ2n) is 7.39. The average molecular weight is 412 g/mol.